The summed E-state index contributed by atoms with van der Waals surface area (Å²) >= 11 is 0. The molecule has 2 aliphatic carbocycles. The molecule has 2 aromatic carbocycles. The largest absolute Gasteiger partial charge is 0.354 e. The molecule has 0 bridgehead atoms. The van der Waals surface area contributed by atoms with Crippen LogP contribution in [-0.4, -0.2) is 24.4 Å². The van der Waals surface area contributed by atoms with E-state index in [1.165, 1.54) is 24.3 Å². The minimum absolute atomic E-state index is 0.00219. The summed E-state index contributed by atoms with van der Waals surface area (Å²) in [5, 5.41) is 6.07. The van der Waals surface area contributed by atoms with Crippen LogP contribution in [0, 0.1) is 23.5 Å². The van der Waals surface area contributed by atoms with E-state index in [1.807, 2.05) is 6.92 Å². The summed E-state index contributed by atoms with van der Waals surface area (Å²) < 4.78 is 26.2. The third kappa shape index (κ3) is 5.30. The number of benzene rings is 2. The molecule has 2 N–H and O–H groups in total. The van der Waals surface area contributed by atoms with E-state index in [4.69, 9.17) is 0 Å². The zero-order chi connectivity index (χ0) is 22.0. The highest BCUT2D eigenvalue weighted by Crippen LogP contribution is 2.48. The topological polar surface area (TPSA) is 58.2 Å². The van der Waals surface area contributed by atoms with Gasteiger partial charge in [-0.2, -0.15) is 0 Å². The van der Waals surface area contributed by atoms with Crippen molar-refractivity contribution in [2.75, 3.05) is 6.54 Å². The quantitative estimate of drug-likeness (QED) is 0.629. The molecule has 0 aromatic heterocycles. The van der Waals surface area contributed by atoms with E-state index in [0.29, 0.717) is 6.54 Å². The summed E-state index contributed by atoms with van der Waals surface area (Å²) in [5.41, 5.74) is 1.97. The van der Waals surface area contributed by atoms with Crippen LogP contribution >= 0.6 is 0 Å². The van der Waals surface area contributed by atoms with Crippen LogP contribution in [0.5, 0.6) is 0 Å². The summed E-state index contributed by atoms with van der Waals surface area (Å²) in [5.74, 6) is -0.468. The van der Waals surface area contributed by atoms with Gasteiger partial charge in [0.05, 0.1) is 0 Å². The van der Waals surface area contributed by atoms with Crippen LogP contribution in [0.4, 0.5) is 8.78 Å². The smallest absolute Gasteiger partial charge is 0.224 e. The third-order valence-corrected chi connectivity index (χ3v) is 6.36. The summed E-state index contributed by atoms with van der Waals surface area (Å²) in [7, 11) is 0. The van der Waals surface area contributed by atoms with Gasteiger partial charge in [0.2, 0.25) is 11.8 Å². The summed E-state index contributed by atoms with van der Waals surface area (Å²) in [6.07, 6.45) is 3.22. The molecule has 5 unspecified atom stereocenters. The molecular weight excluding hydrogens is 398 g/mol. The average Bonchev–Trinajstić information content (AvgIpc) is 3.67. The monoisotopic (exact) mass is 426 g/mol. The first-order chi connectivity index (χ1) is 15.0. The first-order valence-electron chi connectivity index (χ1n) is 11.0. The number of carbonyl (C=O) groups is 2. The third-order valence-electron chi connectivity index (χ3n) is 6.36. The van der Waals surface area contributed by atoms with E-state index in [0.717, 1.165) is 36.8 Å². The van der Waals surface area contributed by atoms with Crippen LogP contribution in [0.15, 0.2) is 48.5 Å². The van der Waals surface area contributed by atoms with Gasteiger partial charge in [0, 0.05) is 24.4 Å². The lowest BCUT2D eigenvalue weighted by Crippen LogP contribution is -2.44. The van der Waals surface area contributed by atoms with E-state index in [9.17, 15) is 18.4 Å². The van der Waals surface area contributed by atoms with E-state index < -0.39 is 0 Å². The Morgan fingerprint density at radius 2 is 1.35 bits per heavy atom. The molecule has 2 aliphatic rings. The van der Waals surface area contributed by atoms with E-state index in [-0.39, 0.29) is 53.2 Å². The Labute approximate surface area is 181 Å². The number of hydrogen-bond acceptors (Lipinski definition) is 2. The molecule has 2 saturated carbocycles. The summed E-state index contributed by atoms with van der Waals surface area (Å²) in [4.78, 5) is 25.2. The number of nitrogens with one attached hydrogen (secondary N) is 2. The van der Waals surface area contributed by atoms with Crippen molar-refractivity contribution in [1.82, 2.24) is 10.6 Å². The van der Waals surface area contributed by atoms with Crippen molar-refractivity contribution < 1.29 is 18.4 Å². The van der Waals surface area contributed by atoms with Gasteiger partial charge in [-0.15, -0.1) is 0 Å². The Kier molecular flexibility index (Phi) is 6.35. The molecule has 0 aliphatic heterocycles. The lowest BCUT2D eigenvalue weighted by atomic mass is 10.1. The molecule has 0 heterocycles. The first kappa shape index (κ1) is 21.5. The maximum atomic E-state index is 13.1. The molecule has 4 nitrogen and oxygen atoms in total. The zero-order valence-corrected chi connectivity index (χ0v) is 17.6. The average molecular weight is 427 g/mol. The summed E-state index contributed by atoms with van der Waals surface area (Å²) in [6, 6.07) is 12.5. The van der Waals surface area contributed by atoms with Crippen molar-refractivity contribution in [2.45, 2.75) is 50.5 Å². The minimum Gasteiger partial charge on any atom is -0.354 e. The standard InChI is InChI=1S/C25H28F2N2O2/c1-2-3-19(29-25(31)23-13-21(23)16-6-10-18(27)11-7-16)14-28-24(30)22-12-20(22)15-4-8-17(26)9-5-15/h4-11,19-23H,2-3,12-14H2,1H3,(H,28,30)(H,29,31). The SMILES string of the molecule is CCCC(CNC(=O)C1CC1c1ccc(F)cc1)NC(=O)C1CC1c1ccc(F)cc1. The van der Waals surface area contributed by atoms with Crippen molar-refractivity contribution in [1.29, 1.82) is 0 Å². The van der Waals surface area contributed by atoms with Crippen LogP contribution in [0.1, 0.15) is 55.6 Å². The maximum absolute atomic E-state index is 13.1. The van der Waals surface area contributed by atoms with E-state index in [2.05, 4.69) is 10.6 Å². The number of halogens is 2. The van der Waals surface area contributed by atoms with Crippen LogP contribution in [0.25, 0.3) is 0 Å². The second kappa shape index (κ2) is 9.16. The van der Waals surface area contributed by atoms with Gasteiger partial charge in [-0.1, -0.05) is 37.6 Å². The molecule has 4 rings (SSSR count). The van der Waals surface area contributed by atoms with Gasteiger partial charge in [0.1, 0.15) is 11.6 Å². The van der Waals surface area contributed by atoms with E-state index in [1.54, 1.807) is 24.3 Å². The Morgan fingerprint density at radius 1 is 0.871 bits per heavy atom. The van der Waals surface area contributed by atoms with Gasteiger partial charge in [-0.3, -0.25) is 9.59 Å². The first-order valence-corrected chi connectivity index (χ1v) is 11.0. The van der Waals surface area contributed by atoms with E-state index >= 15 is 0 Å². The van der Waals surface area contributed by atoms with Gasteiger partial charge in [-0.05, 0) is 66.5 Å². The molecule has 0 saturated heterocycles. The second-order valence-electron chi connectivity index (χ2n) is 8.74. The Balaban J connectivity index is 1.25. The second-order valence-corrected chi connectivity index (χ2v) is 8.74. The molecule has 164 valence electrons. The number of hydrogen-bond donors (Lipinski definition) is 2. The molecule has 31 heavy (non-hydrogen) atoms. The fourth-order valence-electron chi connectivity index (χ4n) is 4.36. The Bertz CT molecular complexity index is 930. The highest BCUT2D eigenvalue weighted by Gasteiger charge is 2.45. The van der Waals surface area contributed by atoms with Crippen molar-refractivity contribution in [3.63, 3.8) is 0 Å². The number of carbonyl (C=O) groups excluding carboxylic acids is 2. The number of amides is 2. The van der Waals surface area contributed by atoms with Crippen LogP contribution in [-0.2, 0) is 9.59 Å². The van der Waals surface area contributed by atoms with Gasteiger partial charge >= 0.3 is 0 Å². The summed E-state index contributed by atoms with van der Waals surface area (Å²) in [6.45, 7) is 2.45. The van der Waals surface area contributed by atoms with Gasteiger partial charge < -0.3 is 10.6 Å². The van der Waals surface area contributed by atoms with Crippen molar-refractivity contribution in [2.24, 2.45) is 11.8 Å². The molecule has 2 aromatic rings. The van der Waals surface area contributed by atoms with Gasteiger partial charge in [-0.25, -0.2) is 8.78 Å². The fraction of sp³-hybridized carbons (Fsp3) is 0.440. The predicted molar refractivity (Wildman–Crippen MR) is 114 cm³/mol. The highest BCUT2D eigenvalue weighted by atomic mass is 19.1. The van der Waals surface area contributed by atoms with Crippen LogP contribution in [0.3, 0.4) is 0 Å². The maximum Gasteiger partial charge on any atom is 0.224 e. The molecule has 5 atom stereocenters. The lowest BCUT2D eigenvalue weighted by Gasteiger charge is -2.19. The molecule has 2 fully saturated rings. The van der Waals surface area contributed by atoms with Gasteiger partial charge in [0.25, 0.3) is 0 Å². The Hall–Kier alpha value is -2.76. The van der Waals surface area contributed by atoms with Crippen LogP contribution in [0.2, 0.25) is 0 Å². The van der Waals surface area contributed by atoms with Crippen molar-refractivity contribution in [3.8, 4) is 0 Å². The van der Waals surface area contributed by atoms with Gasteiger partial charge in [0.15, 0.2) is 0 Å². The fourth-order valence-corrected chi connectivity index (χ4v) is 4.36. The molecule has 6 heteroatoms. The van der Waals surface area contributed by atoms with Crippen molar-refractivity contribution in [3.05, 3.63) is 71.3 Å². The van der Waals surface area contributed by atoms with Crippen LogP contribution < -0.4 is 10.6 Å². The lowest BCUT2D eigenvalue weighted by molar-refractivity contribution is -0.125. The molecule has 0 spiro atoms. The minimum atomic E-state index is -0.277. The molecule has 0 radical (unpaired) electrons. The normalized spacial score (nSPS) is 24.9. The predicted octanol–water partition coefficient (Wildman–Crippen LogP) is 4.27. The van der Waals surface area contributed by atoms with Crippen molar-refractivity contribution >= 4 is 11.8 Å². The zero-order valence-electron chi connectivity index (χ0n) is 17.6. The molecular formula is C25H28F2N2O2. The highest BCUT2D eigenvalue weighted by molar-refractivity contribution is 5.84. The number of rotatable bonds is 9. The molecule has 2 amide bonds. The Morgan fingerprint density at radius 3 is 1.84 bits per heavy atom.